The lowest BCUT2D eigenvalue weighted by Gasteiger charge is -1.98. The highest BCUT2D eigenvalue weighted by Crippen LogP contribution is 2.16. The number of nitrogens with one attached hydrogen (secondary N) is 1. The van der Waals surface area contributed by atoms with Gasteiger partial charge in [0.1, 0.15) is 12.2 Å². The zero-order valence-corrected chi connectivity index (χ0v) is 7.12. The van der Waals surface area contributed by atoms with Gasteiger partial charge in [-0.1, -0.05) is 5.16 Å². The normalized spacial score (nSPS) is 10.3. The lowest BCUT2D eigenvalue weighted by molar-refractivity contribution is 0.321. The summed E-state index contributed by atoms with van der Waals surface area (Å²) in [6.07, 6.45) is 2.78. The number of aromatic nitrogens is 1. The van der Waals surface area contributed by atoms with Gasteiger partial charge in [-0.2, -0.15) is 0 Å². The van der Waals surface area contributed by atoms with E-state index < -0.39 is 0 Å². The van der Waals surface area contributed by atoms with Crippen LogP contribution in [0.5, 0.6) is 0 Å². The molecule has 1 rings (SSSR count). The Morgan fingerprint density at radius 2 is 2.55 bits per heavy atom. The van der Waals surface area contributed by atoms with Crippen LogP contribution in [0, 0.1) is 0 Å². The van der Waals surface area contributed by atoms with Crippen LogP contribution in [0.25, 0.3) is 0 Å². The summed E-state index contributed by atoms with van der Waals surface area (Å²) in [7, 11) is 0. The van der Waals surface area contributed by atoms with Gasteiger partial charge < -0.3 is 10.5 Å². The zero-order valence-electron chi connectivity index (χ0n) is 5.53. The topological polar surface area (TPSA) is 57.5 Å². The average molecular weight is 216 g/mol. The standard InChI is InChI=1S/C6H6BrN3O/c7-5-2-1-3-8-6(5)9-4-10-11/h1-4,11H,(H,8,9,10). The van der Waals surface area contributed by atoms with Crippen LogP contribution in [0.3, 0.4) is 0 Å². The summed E-state index contributed by atoms with van der Waals surface area (Å²) < 4.78 is 0.819. The Morgan fingerprint density at radius 1 is 1.73 bits per heavy atom. The highest BCUT2D eigenvalue weighted by atomic mass is 79.9. The van der Waals surface area contributed by atoms with E-state index in [4.69, 9.17) is 5.21 Å². The molecule has 0 aromatic carbocycles. The summed E-state index contributed by atoms with van der Waals surface area (Å²) in [4.78, 5) is 3.96. The highest BCUT2D eigenvalue weighted by molar-refractivity contribution is 9.10. The summed E-state index contributed by atoms with van der Waals surface area (Å²) in [6.45, 7) is 0. The second kappa shape index (κ2) is 3.92. The fraction of sp³-hybridized carbons (Fsp3) is 0. The van der Waals surface area contributed by atoms with E-state index in [1.807, 2.05) is 6.07 Å². The second-order valence-electron chi connectivity index (χ2n) is 1.72. The molecule has 0 radical (unpaired) electrons. The van der Waals surface area contributed by atoms with E-state index in [1.165, 1.54) is 0 Å². The molecule has 0 aliphatic carbocycles. The molecule has 1 aromatic rings. The number of pyridine rings is 1. The molecule has 0 atom stereocenters. The van der Waals surface area contributed by atoms with Gasteiger partial charge in [0.05, 0.1) is 4.47 Å². The number of halogens is 1. The summed E-state index contributed by atoms with van der Waals surface area (Å²) in [5.74, 6) is 0.616. The van der Waals surface area contributed by atoms with E-state index in [9.17, 15) is 0 Å². The molecule has 0 bridgehead atoms. The molecule has 0 unspecified atom stereocenters. The van der Waals surface area contributed by atoms with Crippen molar-refractivity contribution >= 4 is 28.1 Å². The molecule has 1 heterocycles. The van der Waals surface area contributed by atoms with Gasteiger partial charge >= 0.3 is 0 Å². The highest BCUT2D eigenvalue weighted by Gasteiger charge is 1.94. The van der Waals surface area contributed by atoms with Gasteiger partial charge in [-0.15, -0.1) is 0 Å². The Labute approximate surface area is 72.1 Å². The van der Waals surface area contributed by atoms with Crippen molar-refractivity contribution in [1.82, 2.24) is 4.98 Å². The SMILES string of the molecule is ON=CNc1ncccc1Br. The van der Waals surface area contributed by atoms with Gasteiger partial charge in [0.2, 0.25) is 0 Å². The van der Waals surface area contributed by atoms with Crippen LogP contribution in [0.2, 0.25) is 0 Å². The van der Waals surface area contributed by atoms with E-state index in [0.717, 1.165) is 10.8 Å². The number of anilines is 1. The molecule has 5 heteroatoms. The molecular formula is C6H6BrN3O. The van der Waals surface area contributed by atoms with Crippen LogP contribution < -0.4 is 5.32 Å². The summed E-state index contributed by atoms with van der Waals surface area (Å²) in [5, 5.41) is 13.5. The van der Waals surface area contributed by atoms with Crippen LogP contribution in [-0.4, -0.2) is 16.5 Å². The molecule has 0 aliphatic rings. The van der Waals surface area contributed by atoms with Crippen molar-refractivity contribution in [2.75, 3.05) is 5.32 Å². The van der Waals surface area contributed by atoms with Crippen LogP contribution >= 0.6 is 15.9 Å². The minimum atomic E-state index is 0.616. The van der Waals surface area contributed by atoms with Gasteiger partial charge in [-0.05, 0) is 28.1 Å². The van der Waals surface area contributed by atoms with Gasteiger partial charge in [0.25, 0.3) is 0 Å². The Kier molecular flexibility index (Phi) is 2.85. The Balaban J connectivity index is 2.77. The first-order valence-corrected chi connectivity index (χ1v) is 3.67. The molecular weight excluding hydrogens is 210 g/mol. The molecule has 0 amide bonds. The smallest absolute Gasteiger partial charge is 0.145 e. The van der Waals surface area contributed by atoms with Gasteiger partial charge in [-0.25, -0.2) is 4.98 Å². The number of hydrogen-bond donors (Lipinski definition) is 2. The van der Waals surface area contributed by atoms with Crippen molar-refractivity contribution in [2.45, 2.75) is 0 Å². The quantitative estimate of drug-likeness (QED) is 0.342. The molecule has 58 valence electrons. The molecule has 11 heavy (non-hydrogen) atoms. The van der Waals surface area contributed by atoms with E-state index in [2.05, 4.69) is 31.4 Å². The molecule has 0 aliphatic heterocycles. The average Bonchev–Trinajstić information content (AvgIpc) is 2.03. The van der Waals surface area contributed by atoms with Crippen molar-refractivity contribution in [1.29, 1.82) is 0 Å². The molecule has 0 saturated carbocycles. The first-order valence-electron chi connectivity index (χ1n) is 2.87. The summed E-state index contributed by atoms with van der Waals surface area (Å²) in [6, 6.07) is 3.63. The van der Waals surface area contributed by atoms with Crippen LogP contribution in [-0.2, 0) is 0 Å². The summed E-state index contributed by atoms with van der Waals surface area (Å²) in [5.41, 5.74) is 0. The Bertz CT molecular complexity index is 264. The van der Waals surface area contributed by atoms with Gasteiger partial charge in [0, 0.05) is 6.20 Å². The maximum absolute atomic E-state index is 8.08. The molecule has 0 fully saturated rings. The third kappa shape index (κ3) is 2.19. The predicted molar refractivity (Wildman–Crippen MR) is 45.8 cm³/mol. The molecule has 4 nitrogen and oxygen atoms in total. The fourth-order valence-electron chi connectivity index (χ4n) is 0.582. The number of nitrogens with zero attached hydrogens (tertiary/aromatic N) is 2. The van der Waals surface area contributed by atoms with Gasteiger partial charge in [-0.3, -0.25) is 0 Å². The predicted octanol–water partition coefficient (Wildman–Crippen LogP) is 1.67. The van der Waals surface area contributed by atoms with Crippen LogP contribution in [0.15, 0.2) is 28.0 Å². The number of oxime groups is 1. The van der Waals surface area contributed by atoms with Crippen molar-refractivity contribution in [3.8, 4) is 0 Å². The third-order valence-corrected chi connectivity index (χ3v) is 1.66. The van der Waals surface area contributed by atoms with Crippen molar-refractivity contribution in [3.63, 3.8) is 0 Å². The van der Waals surface area contributed by atoms with Crippen LogP contribution in [0.1, 0.15) is 0 Å². The molecule has 2 N–H and O–H groups in total. The number of hydrogen-bond acceptors (Lipinski definition) is 3. The lowest BCUT2D eigenvalue weighted by Crippen LogP contribution is -1.97. The van der Waals surface area contributed by atoms with E-state index in [1.54, 1.807) is 12.3 Å². The monoisotopic (exact) mass is 215 g/mol. The van der Waals surface area contributed by atoms with Crippen molar-refractivity contribution in [3.05, 3.63) is 22.8 Å². The first-order chi connectivity index (χ1) is 5.34. The third-order valence-electron chi connectivity index (χ3n) is 1.02. The maximum Gasteiger partial charge on any atom is 0.145 e. The minimum absolute atomic E-state index is 0.616. The molecule has 0 spiro atoms. The van der Waals surface area contributed by atoms with Crippen molar-refractivity contribution in [2.24, 2.45) is 5.16 Å². The van der Waals surface area contributed by atoms with E-state index in [-0.39, 0.29) is 0 Å². The lowest BCUT2D eigenvalue weighted by atomic mass is 10.5. The summed E-state index contributed by atoms with van der Waals surface area (Å²) >= 11 is 3.26. The Hall–Kier alpha value is -1.10. The fourth-order valence-corrected chi connectivity index (χ4v) is 0.951. The van der Waals surface area contributed by atoms with E-state index >= 15 is 0 Å². The van der Waals surface area contributed by atoms with Crippen molar-refractivity contribution < 1.29 is 5.21 Å². The molecule has 0 saturated heterocycles. The maximum atomic E-state index is 8.08. The van der Waals surface area contributed by atoms with Gasteiger partial charge in [0.15, 0.2) is 0 Å². The number of rotatable bonds is 2. The second-order valence-corrected chi connectivity index (χ2v) is 2.58. The Morgan fingerprint density at radius 3 is 3.18 bits per heavy atom. The largest absolute Gasteiger partial charge is 0.410 e. The first kappa shape index (κ1) is 8.00. The molecule has 1 aromatic heterocycles. The minimum Gasteiger partial charge on any atom is -0.410 e. The van der Waals surface area contributed by atoms with Crippen LogP contribution in [0.4, 0.5) is 5.82 Å². The zero-order chi connectivity index (χ0) is 8.10. The van der Waals surface area contributed by atoms with E-state index in [0.29, 0.717) is 5.82 Å².